The predicted octanol–water partition coefficient (Wildman–Crippen LogP) is 5.72. The van der Waals surface area contributed by atoms with Gasteiger partial charge in [-0.25, -0.2) is 9.79 Å². The van der Waals surface area contributed by atoms with Gasteiger partial charge in [0, 0.05) is 29.6 Å². The monoisotopic (exact) mass is 551 g/mol. The molecular formula is C33H33N3O5. The number of methoxy groups -OCH3 is 1. The normalized spacial score (nSPS) is 16.2. The van der Waals surface area contributed by atoms with Crippen molar-refractivity contribution >= 4 is 39.9 Å². The molecule has 4 aromatic rings. The molecule has 0 unspecified atom stereocenters. The van der Waals surface area contributed by atoms with Crippen LogP contribution >= 0.6 is 0 Å². The first-order chi connectivity index (χ1) is 19.9. The molecule has 1 amide bonds. The SMILES string of the molecule is COC(=O)c1ccc2c(C(=Nc3ccc4c(c3)CCN4C(=O)CC3CCN(C)CC3)c3ccccc3)c(O)oc2c1. The highest BCUT2D eigenvalue weighted by Gasteiger charge is 2.28. The minimum atomic E-state index is -0.488. The van der Waals surface area contributed by atoms with Gasteiger partial charge in [0.2, 0.25) is 5.91 Å². The number of hydrogen-bond acceptors (Lipinski definition) is 7. The third kappa shape index (κ3) is 5.35. The third-order valence-electron chi connectivity index (χ3n) is 8.18. The van der Waals surface area contributed by atoms with Crippen LogP contribution in [0.25, 0.3) is 11.0 Å². The number of furan rings is 1. The molecule has 0 radical (unpaired) electrons. The van der Waals surface area contributed by atoms with Gasteiger partial charge in [-0.3, -0.25) is 4.79 Å². The van der Waals surface area contributed by atoms with Crippen molar-refractivity contribution in [1.29, 1.82) is 0 Å². The average molecular weight is 552 g/mol. The largest absolute Gasteiger partial charge is 0.480 e. The van der Waals surface area contributed by atoms with Gasteiger partial charge < -0.3 is 24.1 Å². The summed E-state index contributed by atoms with van der Waals surface area (Å²) in [6.45, 7) is 2.77. The maximum absolute atomic E-state index is 13.2. The predicted molar refractivity (Wildman–Crippen MR) is 158 cm³/mol. The number of benzene rings is 3. The number of aromatic hydroxyl groups is 1. The Balaban J connectivity index is 1.33. The molecule has 3 aromatic carbocycles. The lowest BCUT2D eigenvalue weighted by atomic mass is 9.93. The summed E-state index contributed by atoms with van der Waals surface area (Å²) in [6.07, 6.45) is 3.50. The van der Waals surface area contributed by atoms with Crippen molar-refractivity contribution in [2.75, 3.05) is 38.7 Å². The number of esters is 1. The second-order valence-electron chi connectivity index (χ2n) is 10.9. The van der Waals surface area contributed by atoms with Crippen LogP contribution in [0.3, 0.4) is 0 Å². The van der Waals surface area contributed by atoms with E-state index in [4.69, 9.17) is 14.1 Å². The molecule has 8 nitrogen and oxygen atoms in total. The average Bonchev–Trinajstić information content (AvgIpc) is 3.56. The van der Waals surface area contributed by atoms with Gasteiger partial charge in [0.05, 0.1) is 29.6 Å². The van der Waals surface area contributed by atoms with Crippen LogP contribution < -0.4 is 4.90 Å². The number of fused-ring (bicyclic) bond motifs is 2. The number of anilines is 1. The molecule has 1 N–H and O–H groups in total. The van der Waals surface area contributed by atoms with E-state index in [0.29, 0.717) is 52.4 Å². The Kier molecular flexibility index (Phi) is 7.32. The van der Waals surface area contributed by atoms with Crippen LogP contribution in [0.15, 0.2) is 76.1 Å². The number of piperidine rings is 1. The molecule has 2 aliphatic heterocycles. The summed E-state index contributed by atoms with van der Waals surface area (Å²) < 4.78 is 10.5. The molecule has 3 heterocycles. The van der Waals surface area contributed by atoms with Gasteiger partial charge in [-0.05, 0) is 87.3 Å². The van der Waals surface area contributed by atoms with Crippen LogP contribution in [0.4, 0.5) is 11.4 Å². The Morgan fingerprint density at radius 3 is 2.54 bits per heavy atom. The second-order valence-corrected chi connectivity index (χ2v) is 10.9. The first-order valence-electron chi connectivity index (χ1n) is 14.0. The zero-order chi connectivity index (χ0) is 28.5. The standard InChI is InChI=1S/C33H33N3O5/c1-35-15-12-21(13-16-35)18-29(37)36-17-14-23-19-25(9-11-27(23)36)34-31(22-6-4-3-5-7-22)30-26-10-8-24(32(38)40-2)20-28(26)41-33(30)39/h3-11,19-21,39H,12-18H2,1-2H3. The lowest BCUT2D eigenvalue weighted by Gasteiger charge is -2.29. The molecule has 1 aromatic heterocycles. The van der Waals surface area contributed by atoms with E-state index in [-0.39, 0.29) is 11.9 Å². The summed E-state index contributed by atoms with van der Waals surface area (Å²) in [5.41, 5.74) is 5.22. The van der Waals surface area contributed by atoms with E-state index < -0.39 is 5.97 Å². The maximum atomic E-state index is 13.2. The van der Waals surface area contributed by atoms with Crippen molar-refractivity contribution in [2.24, 2.45) is 10.9 Å². The summed E-state index contributed by atoms with van der Waals surface area (Å²) >= 11 is 0. The second kappa shape index (κ2) is 11.2. The number of hydrogen-bond donors (Lipinski definition) is 1. The minimum Gasteiger partial charge on any atom is -0.480 e. The summed E-state index contributed by atoms with van der Waals surface area (Å²) in [5.74, 6) is -0.128. The zero-order valence-corrected chi connectivity index (χ0v) is 23.3. The van der Waals surface area contributed by atoms with Gasteiger partial charge in [0.25, 0.3) is 5.95 Å². The number of likely N-dealkylation sites (tertiary alicyclic amines) is 1. The van der Waals surface area contributed by atoms with Gasteiger partial charge >= 0.3 is 5.97 Å². The number of carbonyl (C=O) groups excluding carboxylic acids is 2. The number of ether oxygens (including phenoxy) is 1. The molecule has 41 heavy (non-hydrogen) atoms. The van der Waals surface area contributed by atoms with Crippen LogP contribution in [0, 0.1) is 5.92 Å². The molecule has 1 fully saturated rings. The van der Waals surface area contributed by atoms with E-state index in [2.05, 4.69) is 11.9 Å². The Morgan fingerprint density at radius 2 is 1.78 bits per heavy atom. The highest BCUT2D eigenvalue weighted by Crippen LogP contribution is 2.37. The van der Waals surface area contributed by atoms with E-state index in [0.717, 1.165) is 49.2 Å². The van der Waals surface area contributed by atoms with Crippen molar-refractivity contribution in [3.63, 3.8) is 0 Å². The van der Waals surface area contributed by atoms with Crippen LogP contribution in [0.5, 0.6) is 5.95 Å². The highest BCUT2D eigenvalue weighted by molar-refractivity contribution is 6.21. The van der Waals surface area contributed by atoms with Crippen LogP contribution in [-0.4, -0.2) is 61.4 Å². The fourth-order valence-electron chi connectivity index (χ4n) is 5.89. The van der Waals surface area contributed by atoms with Gasteiger partial charge in [-0.1, -0.05) is 30.3 Å². The van der Waals surface area contributed by atoms with E-state index in [1.807, 2.05) is 53.4 Å². The number of carbonyl (C=O) groups is 2. The topological polar surface area (TPSA) is 95.6 Å². The quantitative estimate of drug-likeness (QED) is 0.243. The van der Waals surface area contributed by atoms with Crippen LogP contribution in [0.1, 0.15) is 46.3 Å². The van der Waals surface area contributed by atoms with E-state index >= 15 is 0 Å². The fourth-order valence-corrected chi connectivity index (χ4v) is 5.89. The summed E-state index contributed by atoms with van der Waals surface area (Å²) in [5, 5.41) is 11.5. The van der Waals surface area contributed by atoms with Crippen molar-refractivity contribution < 1.29 is 23.8 Å². The van der Waals surface area contributed by atoms with E-state index in [9.17, 15) is 14.7 Å². The Morgan fingerprint density at radius 1 is 1.00 bits per heavy atom. The number of rotatable bonds is 6. The number of aliphatic imine (C=N–C) groups is 1. The fraction of sp³-hybridized carbons (Fsp3) is 0.303. The molecule has 0 spiro atoms. The summed E-state index contributed by atoms with van der Waals surface area (Å²) in [7, 11) is 3.45. The molecule has 0 bridgehead atoms. The summed E-state index contributed by atoms with van der Waals surface area (Å²) in [6, 6.07) is 20.4. The molecule has 2 aliphatic rings. The van der Waals surface area contributed by atoms with Crippen molar-refractivity contribution in [3.8, 4) is 5.95 Å². The minimum absolute atomic E-state index is 0.195. The number of nitrogens with zero attached hydrogens (tertiary/aromatic N) is 3. The molecule has 6 rings (SSSR count). The molecular weight excluding hydrogens is 518 g/mol. The van der Waals surface area contributed by atoms with E-state index in [1.165, 1.54) is 7.11 Å². The Bertz CT molecular complexity index is 1630. The van der Waals surface area contributed by atoms with Crippen LogP contribution in [0.2, 0.25) is 0 Å². The highest BCUT2D eigenvalue weighted by atomic mass is 16.5. The van der Waals surface area contributed by atoms with Crippen LogP contribution in [-0.2, 0) is 16.0 Å². The molecule has 8 heteroatoms. The number of amides is 1. The lowest BCUT2D eigenvalue weighted by Crippen LogP contribution is -2.35. The van der Waals surface area contributed by atoms with Gasteiger partial charge in [-0.2, -0.15) is 0 Å². The Hall–Kier alpha value is -4.43. The third-order valence-corrected chi connectivity index (χ3v) is 8.18. The molecule has 0 atom stereocenters. The van der Waals surface area contributed by atoms with E-state index in [1.54, 1.807) is 18.2 Å². The molecule has 0 saturated carbocycles. The molecule has 210 valence electrons. The molecule has 1 saturated heterocycles. The first-order valence-corrected chi connectivity index (χ1v) is 14.0. The lowest BCUT2D eigenvalue weighted by molar-refractivity contribution is -0.119. The van der Waals surface area contributed by atoms with Gasteiger partial charge in [0.1, 0.15) is 5.58 Å². The van der Waals surface area contributed by atoms with Crippen molar-refractivity contribution in [1.82, 2.24) is 4.90 Å². The van der Waals surface area contributed by atoms with Crippen molar-refractivity contribution in [3.05, 3.63) is 89.0 Å². The van der Waals surface area contributed by atoms with Gasteiger partial charge in [-0.15, -0.1) is 0 Å². The van der Waals surface area contributed by atoms with Gasteiger partial charge in [0.15, 0.2) is 0 Å². The van der Waals surface area contributed by atoms with Crippen molar-refractivity contribution in [2.45, 2.75) is 25.7 Å². The smallest absolute Gasteiger partial charge is 0.337 e. The maximum Gasteiger partial charge on any atom is 0.337 e. The molecule has 0 aliphatic carbocycles. The summed E-state index contributed by atoms with van der Waals surface area (Å²) in [4.78, 5) is 34.5. The Labute approximate surface area is 238 Å². The first kappa shape index (κ1) is 26.8. The zero-order valence-electron chi connectivity index (χ0n) is 23.3.